The number of aryl methyl sites for hydroxylation is 1. The van der Waals surface area contributed by atoms with Gasteiger partial charge in [-0.25, -0.2) is 0 Å². The molecule has 18 heavy (non-hydrogen) atoms. The second-order valence-corrected chi connectivity index (χ2v) is 4.36. The molecule has 1 aromatic carbocycles. The van der Waals surface area contributed by atoms with Crippen molar-refractivity contribution in [2.75, 3.05) is 6.61 Å². The Balaban J connectivity index is 2.25. The van der Waals surface area contributed by atoms with Gasteiger partial charge in [-0.2, -0.15) is 5.48 Å². The first-order valence-electron chi connectivity index (χ1n) is 6.70. The fourth-order valence-corrected chi connectivity index (χ4v) is 2.11. The molecule has 2 aromatic rings. The molecule has 2 rings (SSSR count). The monoisotopic (exact) mass is 247 g/mol. The fraction of sp³-hybridized carbons (Fsp3) is 0.467. The molecule has 1 aromatic heterocycles. The number of hydroxylamine groups is 1. The van der Waals surface area contributed by atoms with Crippen LogP contribution >= 0.6 is 0 Å². The number of rotatable bonds is 7. The van der Waals surface area contributed by atoms with Gasteiger partial charge in [0.25, 0.3) is 0 Å². The summed E-state index contributed by atoms with van der Waals surface area (Å²) in [6.45, 7) is 5.53. The Morgan fingerprint density at radius 2 is 2.06 bits per heavy atom. The lowest BCUT2D eigenvalue weighted by atomic mass is 10.1. The predicted molar refractivity (Wildman–Crippen MR) is 73.3 cm³/mol. The maximum Gasteiger partial charge on any atom is 0.134 e. The molecule has 0 aliphatic rings. The van der Waals surface area contributed by atoms with Crippen molar-refractivity contribution in [1.82, 2.24) is 5.48 Å². The van der Waals surface area contributed by atoms with Gasteiger partial charge in [0.1, 0.15) is 11.3 Å². The van der Waals surface area contributed by atoms with Gasteiger partial charge in [0.2, 0.25) is 0 Å². The molecule has 0 spiro atoms. The number of nitrogens with one attached hydrogen (secondary N) is 1. The normalized spacial score (nSPS) is 11.2. The van der Waals surface area contributed by atoms with Crippen molar-refractivity contribution in [3.8, 4) is 0 Å². The van der Waals surface area contributed by atoms with E-state index in [1.807, 2.05) is 25.1 Å². The zero-order chi connectivity index (χ0) is 12.8. The maximum absolute atomic E-state index is 5.94. The van der Waals surface area contributed by atoms with Crippen LogP contribution in [0.15, 0.2) is 28.7 Å². The summed E-state index contributed by atoms with van der Waals surface area (Å²) in [6.07, 6.45) is 3.32. The largest absolute Gasteiger partial charge is 0.461 e. The van der Waals surface area contributed by atoms with Crippen LogP contribution in [0.4, 0.5) is 0 Å². The number of unbranched alkanes of at least 4 members (excludes halogenated alkanes) is 1. The summed E-state index contributed by atoms with van der Waals surface area (Å²) >= 11 is 0. The number of furan rings is 1. The highest BCUT2D eigenvalue weighted by molar-refractivity contribution is 5.82. The topological polar surface area (TPSA) is 34.4 Å². The number of hydrogen-bond donors (Lipinski definition) is 1. The third-order valence-corrected chi connectivity index (χ3v) is 3.03. The van der Waals surface area contributed by atoms with Gasteiger partial charge in [-0.1, -0.05) is 31.5 Å². The molecule has 0 amide bonds. The smallest absolute Gasteiger partial charge is 0.134 e. The molecule has 3 nitrogen and oxygen atoms in total. The van der Waals surface area contributed by atoms with E-state index in [4.69, 9.17) is 9.25 Å². The SMILES string of the molecule is CCCCc1oc2ccccc2c1CNOCC. The van der Waals surface area contributed by atoms with Crippen molar-refractivity contribution in [3.63, 3.8) is 0 Å². The first-order valence-corrected chi connectivity index (χ1v) is 6.70. The summed E-state index contributed by atoms with van der Waals surface area (Å²) in [4.78, 5) is 5.22. The lowest BCUT2D eigenvalue weighted by molar-refractivity contribution is 0.0462. The number of hydrogen-bond acceptors (Lipinski definition) is 3. The van der Waals surface area contributed by atoms with Crippen LogP contribution in [-0.4, -0.2) is 6.61 Å². The van der Waals surface area contributed by atoms with E-state index in [1.165, 1.54) is 17.4 Å². The third kappa shape index (κ3) is 2.92. The minimum atomic E-state index is 0.667. The molecule has 0 aliphatic carbocycles. The second-order valence-electron chi connectivity index (χ2n) is 4.36. The number of fused-ring (bicyclic) bond motifs is 1. The van der Waals surface area contributed by atoms with Gasteiger partial charge in [-0.05, 0) is 19.4 Å². The van der Waals surface area contributed by atoms with E-state index < -0.39 is 0 Å². The van der Waals surface area contributed by atoms with Crippen LogP contribution in [0.3, 0.4) is 0 Å². The molecule has 0 saturated heterocycles. The first-order chi connectivity index (χ1) is 8.86. The van der Waals surface area contributed by atoms with E-state index in [-0.39, 0.29) is 0 Å². The number of para-hydroxylation sites is 1. The van der Waals surface area contributed by atoms with Crippen LogP contribution < -0.4 is 5.48 Å². The Kier molecular flexibility index (Phi) is 4.79. The molecular weight excluding hydrogens is 226 g/mol. The van der Waals surface area contributed by atoms with Crippen molar-refractivity contribution >= 4 is 11.0 Å². The Bertz CT molecular complexity index is 490. The fourth-order valence-electron chi connectivity index (χ4n) is 2.11. The molecule has 0 saturated carbocycles. The summed E-state index contributed by atoms with van der Waals surface area (Å²) in [5, 5.41) is 1.19. The molecule has 1 heterocycles. The average Bonchev–Trinajstić information content (AvgIpc) is 2.75. The molecule has 98 valence electrons. The van der Waals surface area contributed by atoms with Crippen LogP contribution in [0.5, 0.6) is 0 Å². The Morgan fingerprint density at radius 3 is 2.83 bits per heavy atom. The van der Waals surface area contributed by atoms with Crippen molar-refractivity contribution in [3.05, 3.63) is 35.6 Å². The molecule has 0 bridgehead atoms. The second kappa shape index (κ2) is 6.57. The highest BCUT2D eigenvalue weighted by Crippen LogP contribution is 2.27. The third-order valence-electron chi connectivity index (χ3n) is 3.03. The van der Waals surface area contributed by atoms with Crippen LogP contribution in [0.25, 0.3) is 11.0 Å². The van der Waals surface area contributed by atoms with Crippen molar-refractivity contribution in [1.29, 1.82) is 0 Å². The predicted octanol–water partition coefficient (Wildman–Crippen LogP) is 3.82. The van der Waals surface area contributed by atoms with Crippen molar-refractivity contribution in [2.24, 2.45) is 0 Å². The van der Waals surface area contributed by atoms with Gasteiger partial charge in [-0.15, -0.1) is 0 Å². The van der Waals surface area contributed by atoms with Gasteiger partial charge in [0.05, 0.1) is 13.2 Å². The Morgan fingerprint density at radius 1 is 1.22 bits per heavy atom. The minimum absolute atomic E-state index is 0.667. The molecule has 3 heteroatoms. The van der Waals surface area contributed by atoms with Crippen molar-refractivity contribution < 1.29 is 9.25 Å². The lowest BCUT2D eigenvalue weighted by Gasteiger charge is -2.04. The minimum Gasteiger partial charge on any atom is -0.461 e. The van der Waals surface area contributed by atoms with Crippen LogP contribution in [-0.2, 0) is 17.8 Å². The summed E-state index contributed by atoms with van der Waals surface area (Å²) in [7, 11) is 0. The summed E-state index contributed by atoms with van der Waals surface area (Å²) in [6, 6.07) is 8.19. The van der Waals surface area contributed by atoms with E-state index in [9.17, 15) is 0 Å². The number of benzene rings is 1. The van der Waals surface area contributed by atoms with Gasteiger partial charge in [-0.3, -0.25) is 0 Å². The van der Waals surface area contributed by atoms with E-state index in [1.54, 1.807) is 0 Å². The molecular formula is C15H21NO2. The molecule has 0 atom stereocenters. The summed E-state index contributed by atoms with van der Waals surface area (Å²) in [5.41, 5.74) is 5.18. The van der Waals surface area contributed by atoms with Crippen molar-refractivity contribution in [2.45, 2.75) is 39.7 Å². The van der Waals surface area contributed by atoms with E-state index in [0.29, 0.717) is 13.2 Å². The zero-order valence-corrected chi connectivity index (χ0v) is 11.2. The zero-order valence-electron chi connectivity index (χ0n) is 11.2. The van der Waals surface area contributed by atoms with Gasteiger partial charge >= 0.3 is 0 Å². The summed E-state index contributed by atoms with van der Waals surface area (Å²) in [5.74, 6) is 1.09. The highest BCUT2D eigenvalue weighted by atomic mass is 16.6. The maximum atomic E-state index is 5.94. The molecule has 0 aliphatic heterocycles. The molecule has 0 fully saturated rings. The Labute approximate surface area is 108 Å². The van der Waals surface area contributed by atoms with E-state index >= 15 is 0 Å². The van der Waals surface area contributed by atoms with Crippen LogP contribution in [0, 0.1) is 0 Å². The Hall–Kier alpha value is -1.32. The first kappa shape index (κ1) is 13.1. The lowest BCUT2D eigenvalue weighted by Crippen LogP contribution is -2.14. The quantitative estimate of drug-likeness (QED) is 0.596. The van der Waals surface area contributed by atoms with Crippen LogP contribution in [0.1, 0.15) is 38.0 Å². The highest BCUT2D eigenvalue weighted by Gasteiger charge is 2.12. The average molecular weight is 247 g/mol. The standard InChI is InChI=1S/C15H21NO2/c1-3-5-9-15-13(11-16-17-4-2)12-8-6-7-10-14(12)18-15/h6-8,10,16H,3-5,9,11H2,1-2H3. The van der Waals surface area contributed by atoms with E-state index in [0.717, 1.165) is 24.2 Å². The molecule has 1 N–H and O–H groups in total. The van der Waals surface area contributed by atoms with Gasteiger partial charge in [0.15, 0.2) is 0 Å². The van der Waals surface area contributed by atoms with Gasteiger partial charge < -0.3 is 9.25 Å². The molecule has 0 radical (unpaired) electrons. The summed E-state index contributed by atoms with van der Waals surface area (Å²) < 4.78 is 5.94. The van der Waals surface area contributed by atoms with Gasteiger partial charge in [0, 0.05) is 17.4 Å². The van der Waals surface area contributed by atoms with E-state index in [2.05, 4.69) is 18.5 Å². The van der Waals surface area contributed by atoms with Crippen LogP contribution in [0.2, 0.25) is 0 Å². The molecule has 0 unspecified atom stereocenters.